The van der Waals surface area contributed by atoms with E-state index in [2.05, 4.69) is 26.0 Å². The summed E-state index contributed by atoms with van der Waals surface area (Å²) < 4.78 is 5.30. The zero-order chi connectivity index (χ0) is 23.7. The largest absolute Gasteiger partial charge is 0.497 e. The zero-order valence-corrected chi connectivity index (χ0v) is 19.8. The molecule has 2 amide bonds. The van der Waals surface area contributed by atoms with E-state index in [0.717, 1.165) is 22.6 Å². The first kappa shape index (κ1) is 22.6. The van der Waals surface area contributed by atoms with Crippen LogP contribution in [0.4, 0.5) is 5.69 Å². The van der Waals surface area contributed by atoms with E-state index in [9.17, 15) is 9.59 Å². The van der Waals surface area contributed by atoms with Gasteiger partial charge in [-0.3, -0.25) is 9.59 Å². The Kier molecular flexibility index (Phi) is 6.23. The lowest BCUT2D eigenvalue weighted by Gasteiger charge is -2.41. The van der Waals surface area contributed by atoms with Crippen LogP contribution >= 0.6 is 0 Å². The maximum atomic E-state index is 14.0. The molecule has 5 heteroatoms. The van der Waals surface area contributed by atoms with Gasteiger partial charge < -0.3 is 14.5 Å². The average molecular weight is 443 g/mol. The van der Waals surface area contributed by atoms with Crippen molar-refractivity contribution in [1.29, 1.82) is 0 Å². The summed E-state index contributed by atoms with van der Waals surface area (Å²) in [5.41, 5.74) is 4.28. The van der Waals surface area contributed by atoms with Crippen LogP contribution in [0.2, 0.25) is 0 Å². The summed E-state index contributed by atoms with van der Waals surface area (Å²) in [7, 11) is 5.19. The van der Waals surface area contributed by atoms with E-state index in [1.165, 1.54) is 5.56 Å². The fraction of sp³-hybridized carbons (Fsp3) is 0.286. The van der Waals surface area contributed by atoms with Gasteiger partial charge in [0, 0.05) is 25.3 Å². The number of likely N-dealkylation sites (N-methyl/N-ethyl adjacent to an activating group) is 2. The summed E-state index contributed by atoms with van der Waals surface area (Å²) in [5, 5.41) is 0. The summed E-state index contributed by atoms with van der Waals surface area (Å²) >= 11 is 0. The molecule has 4 rings (SSSR count). The van der Waals surface area contributed by atoms with Gasteiger partial charge in [0.1, 0.15) is 5.75 Å². The zero-order valence-electron chi connectivity index (χ0n) is 19.8. The number of hydrogen-bond acceptors (Lipinski definition) is 3. The monoisotopic (exact) mass is 442 g/mol. The van der Waals surface area contributed by atoms with Gasteiger partial charge in [-0.15, -0.1) is 0 Å². The van der Waals surface area contributed by atoms with Crippen LogP contribution in [0, 0.1) is 0 Å². The molecule has 33 heavy (non-hydrogen) atoms. The Labute approximate surface area is 195 Å². The maximum Gasteiger partial charge on any atom is 0.254 e. The second-order valence-electron chi connectivity index (χ2n) is 8.84. The number of anilines is 1. The fourth-order valence-electron chi connectivity index (χ4n) is 4.58. The number of fused-ring (bicyclic) bond motifs is 1. The summed E-state index contributed by atoms with van der Waals surface area (Å²) in [4.78, 5) is 30.6. The van der Waals surface area contributed by atoms with Crippen LogP contribution in [0.15, 0.2) is 72.8 Å². The number of nitrogens with zero attached hydrogens (tertiary/aromatic N) is 2. The predicted molar refractivity (Wildman–Crippen MR) is 131 cm³/mol. The number of carbonyl (C=O) groups is 2. The van der Waals surface area contributed by atoms with Crippen LogP contribution in [-0.2, 0) is 4.79 Å². The molecule has 0 unspecified atom stereocenters. The second kappa shape index (κ2) is 9.10. The highest BCUT2D eigenvalue weighted by Gasteiger charge is 2.43. The van der Waals surface area contributed by atoms with Crippen molar-refractivity contribution >= 4 is 17.5 Å². The van der Waals surface area contributed by atoms with Crippen molar-refractivity contribution in [3.63, 3.8) is 0 Å². The summed E-state index contributed by atoms with van der Waals surface area (Å²) in [6.07, 6.45) is 0. The molecule has 1 heterocycles. The van der Waals surface area contributed by atoms with Gasteiger partial charge in [0.2, 0.25) is 5.91 Å². The third-order valence-corrected chi connectivity index (χ3v) is 6.58. The lowest BCUT2D eigenvalue weighted by molar-refractivity contribution is -0.121. The molecule has 0 aliphatic carbocycles. The molecule has 170 valence electrons. The van der Waals surface area contributed by atoms with E-state index in [0.29, 0.717) is 11.5 Å². The third-order valence-electron chi connectivity index (χ3n) is 6.58. The SMILES string of the molecule is COc1ccc([C@H]2[C@H](C(=O)N(C)c3ccc(C(C)C)cc3)c3ccccc3C(=O)N2C)cc1. The molecule has 0 spiro atoms. The van der Waals surface area contributed by atoms with Crippen LogP contribution in [0.3, 0.4) is 0 Å². The quantitative estimate of drug-likeness (QED) is 0.532. The highest BCUT2D eigenvalue weighted by molar-refractivity contribution is 6.05. The molecule has 2 atom stereocenters. The van der Waals surface area contributed by atoms with E-state index in [1.54, 1.807) is 37.1 Å². The maximum absolute atomic E-state index is 14.0. The van der Waals surface area contributed by atoms with Gasteiger partial charge in [0.25, 0.3) is 5.91 Å². The van der Waals surface area contributed by atoms with E-state index < -0.39 is 12.0 Å². The Hall–Kier alpha value is -3.60. The molecule has 5 nitrogen and oxygen atoms in total. The van der Waals surface area contributed by atoms with E-state index in [1.807, 2.05) is 54.6 Å². The molecule has 0 saturated heterocycles. The van der Waals surface area contributed by atoms with E-state index in [4.69, 9.17) is 4.74 Å². The average Bonchev–Trinajstić information content (AvgIpc) is 2.85. The van der Waals surface area contributed by atoms with Gasteiger partial charge in [0.15, 0.2) is 0 Å². The van der Waals surface area contributed by atoms with Crippen LogP contribution in [0.25, 0.3) is 0 Å². The van der Waals surface area contributed by atoms with Crippen LogP contribution in [0.1, 0.15) is 58.8 Å². The first-order chi connectivity index (χ1) is 15.8. The number of amides is 2. The van der Waals surface area contributed by atoms with Crippen molar-refractivity contribution in [2.45, 2.75) is 31.7 Å². The van der Waals surface area contributed by atoms with Crippen LogP contribution in [-0.4, -0.2) is 37.9 Å². The smallest absolute Gasteiger partial charge is 0.254 e. The number of methoxy groups -OCH3 is 1. The van der Waals surface area contributed by atoms with Gasteiger partial charge in [-0.05, 0) is 52.9 Å². The Balaban J connectivity index is 1.78. The highest BCUT2D eigenvalue weighted by atomic mass is 16.5. The second-order valence-corrected chi connectivity index (χ2v) is 8.84. The molecule has 1 aliphatic rings. The Morgan fingerprint density at radius 3 is 2.21 bits per heavy atom. The normalized spacial score (nSPS) is 17.6. The molecule has 3 aromatic carbocycles. The number of ether oxygens (including phenoxy) is 1. The minimum atomic E-state index is -0.535. The van der Waals surface area contributed by atoms with Crippen molar-refractivity contribution in [3.8, 4) is 5.75 Å². The summed E-state index contributed by atoms with van der Waals surface area (Å²) in [5.74, 6) is 0.477. The van der Waals surface area contributed by atoms with Crippen molar-refractivity contribution < 1.29 is 14.3 Å². The fourth-order valence-corrected chi connectivity index (χ4v) is 4.58. The molecule has 0 bridgehead atoms. The molecular formula is C28H30N2O3. The molecule has 3 aromatic rings. The van der Waals surface area contributed by atoms with Crippen molar-refractivity contribution in [1.82, 2.24) is 4.90 Å². The number of hydrogen-bond donors (Lipinski definition) is 0. The summed E-state index contributed by atoms with van der Waals surface area (Å²) in [6.45, 7) is 4.30. The topological polar surface area (TPSA) is 49.9 Å². The Bertz CT molecular complexity index is 1150. The molecule has 0 fully saturated rings. The molecule has 0 aromatic heterocycles. The molecule has 0 N–H and O–H groups in total. The van der Waals surface area contributed by atoms with E-state index >= 15 is 0 Å². The van der Waals surface area contributed by atoms with Gasteiger partial charge in [-0.25, -0.2) is 0 Å². The lowest BCUT2D eigenvalue weighted by Crippen LogP contribution is -2.46. The van der Waals surface area contributed by atoms with Gasteiger partial charge in [-0.2, -0.15) is 0 Å². The molecule has 0 radical (unpaired) electrons. The summed E-state index contributed by atoms with van der Waals surface area (Å²) in [6, 6.07) is 22.7. The number of benzene rings is 3. The first-order valence-corrected chi connectivity index (χ1v) is 11.2. The highest BCUT2D eigenvalue weighted by Crippen LogP contribution is 2.43. The van der Waals surface area contributed by atoms with E-state index in [-0.39, 0.29) is 11.8 Å². The number of carbonyl (C=O) groups excluding carboxylic acids is 2. The van der Waals surface area contributed by atoms with Crippen molar-refractivity contribution in [2.24, 2.45) is 0 Å². The minimum absolute atomic E-state index is 0.0556. The van der Waals surface area contributed by atoms with Gasteiger partial charge >= 0.3 is 0 Å². The van der Waals surface area contributed by atoms with Crippen molar-refractivity contribution in [3.05, 3.63) is 95.1 Å². The lowest BCUT2D eigenvalue weighted by atomic mass is 9.79. The van der Waals surface area contributed by atoms with Crippen LogP contribution < -0.4 is 9.64 Å². The van der Waals surface area contributed by atoms with Crippen molar-refractivity contribution in [2.75, 3.05) is 26.1 Å². The third kappa shape index (κ3) is 4.11. The predicted octanol–water partition coefficient (Wildman–Crippen LogP) is 5.39. The molecular weight excluding hydrogens is 412 g/mol. The molecule has 0 saturated carbocycles. The minimum Gasteiger partial charge on any atom is -0.497 e. The van der Waals surface area contributed by atoms with Gasteiger partial charge in [-0.1, -0.05) is 56.3 Å². The Morgan fingerprint density at radius 1 is 0.970 bits per heavy atom. The molecule has 1 aliphatic heterocycles. The first-order valence-electron chi connectivity index (χ1n) is 11.2. The van der Waals surface area contributed by atoms with Gasteiger partial charge in [0.05, 0.1) is 19.1 Å². The standard InChI is InChI=1S/C28H30N2O3/c1-18(2)19-10-14-21(15-11-19)29(3)28(32)25-23-8-6-7-9-24(23)27(31)30(4)26(25)20-12-16-22(33-5)17-13-20/h6-18,25-26H,1-5H3/t25-,26+/m1/s1. The number of rotatable bonds is 5. The van der Waals surface area contributed by atoms with Crippen LogP contribution in [0.5, 0.6) is 5.75 Å². The Morgan fingerprint density at radius 2 is 1.61 bits per heavy atom.